The molecule has 0 saturated carbocycles. The van der Waals surface area contributed by atoms with Gasteiger partial charge in [0.2, 0.25) is 0 Å². The van der Waals surface area contributed by atoms with Gasteiger partial charge in [0.05, 0.1) is 27.7 Å². The average Bonchev–Trinajstić information content (AvgIpc) is 2.98. The number of hydrazine groups is 1. The van der Waals surface area contributed by atoms with Crippen LogP contribution in [0.3, 0.4) is 0 Å². The molecule has 1 amide bonds. The summed E-state index contributed by atoms with van der Waals surface area (Å²) in [5, 5.41) is 4.39. The number of benzene rings is 1. The molecule has 2 aromatic heterocycles. The van der Waals surface area contributed by atoms with Crippen molar-refractivity contribution in [3.63, 3.8) is 0 Å². The van der Waals surface area contributed by atoms with Gasteiger partial charge in [-0.25, -0.2) is 10.2 Å². The van der Waals surface area contributed by atoms with E-state index in [0.29, 0.717) is 11.2 Å². The number of halogens is 1. The van der Waals surface area contributed by atoms with Crippen molar-refractivity contribution in [2.45, 2.75) is 6.54 Å². The topological polar surface area (TPSA) is 123 Å². The monoisotopic (exact) mass is 372 g/mol. The zero-order valence-electron chi connectivity index (χ0n) is 13.6. The van der Waals surface area contributed by atoms with Crippen LogP contribution in [0.4, 0.5) is 15.8 Å². The van der Waals surface area contributed by atoms with E-state index in [0.717, 1.165) is 28.8 Å². The fourth-order valence-electron chi connectivity index (χ4n) is 2.43. The first kappa shape index (κ1) is 17.6. The predicted molar refractivity (Wildman–Crippen MR) is 102 cm³/mol. The minimum absolute atomic E-state index is 0.130. The largest absolute Gasteiger partial charge is 0.403 e. The minimum Gasteiger partial charge on any atom is -0.403 e. The Hall–Kier alpha value is -3.17. The van der Waals surface area contributed by atoms with Crippen LogP contribution in [0.2, 0.25) is 0 Å². The third kappa shape index (κ3) is 3.44. The molecule has 0 atom stereocenters. The number of rotatable bonds is 5. The van der Waals surface area contributed by atoms with E-state index < -0.39 is 5.82 Å². The normalized spacial score (nSPS) is 11.2. The molecule has 7 N–H and O–H groups in total. The molecule has 3 aromatic rings. The molecule has 0 bridgehead atoms. The van der Waals surface area contributed by atoms with Crippen molar-refractivity contribution in [1.82, 2.24) is 10.3 Å². The van der Waals surface area contributed by atoms with Gasteiger partial charge in [0.25, 0.3) is 5.91 Å². The maximum atomic E-state index is 13.8. The number of nitrogens with two attached hydrogens (primary N) is 3. The standard InChI is InChI=1S/C17H17FN6OS/c18-12-8-22-9-13-14(12)15(20)16(26-13)17(25)23-7-10-1-3-11(4-2-10)24(21)6-5-19/h1-6,8-9H,7,19-21H2,(H,23,25)/b6-5-. The zero-order valence-corrected chi connectivity index (χ0v) is 14.5. The molecule has 0 radical (unpaired) electrons. The number of anilines is 2. The molecule has 2 heterocycles. The molecule has 0 aliphatic carbocycles. The average molecular weight is 372 g/mol. The van der Waals surface area contributed by atoms with E-state index in [4.69, 9.17) is 17.3 Å². The highest BCUT2D eigenvalue weighted by Crippen LogP contribution is 2.34. The van der Waals surface area contributed by atoms with Gasteiger partial charge in [-0.05, 0) is 17.7 Å². The van der Waals surface area contributed by atoms with E-state index in [-0.39, 0.29) is 21.9 Å². The Kier molecular flexibility index (Phi) is 5.01. The van der Waals surface area contributed by atoms with Crippen molar-refractivity contribution >= 4 is 38.7 Å². The summed E-state index contributed by atoms with van der Waals surface area (Å²) in [6.45, 7) is 0.296. The van der Waals surface area contributed by atoms with E-state index in [2.05, 4.69) is 10.3 Å². The fraction of sp³-hybridized carbons (Fsp3) is 0.0588. The molecule has 26 heavy (non-hydrogen) atoms. The lowest BCUT2D eigenvalue weighted by Gasteiger charge is -2.13. The third-order valence-corrected chi connectivity index (χ3v) is 4.87. The lowest BCUT2D eigenvalue weighted by molar-refractivity contribution is 0.0956. The number of amides is 1. The van der Waals surface area contributed by atoms with Crippen LogP contribution in [0.25, 0.3) is 10.1 Å². The van der Waals surface area contributed by atoms with Gasteiger partial charge in [0.1, 0.15) is 4.88 Å². The number of carbonyl (C=O) groups is 1. The van der Waals surface area contributed by atoms with Gasteiger partial charge in [-0.3, -0.25) is 14.8 Å². The summed E-state index contributed by atoms with van der Waals surface area (Å²) in [4.78, 5) is 16.5. The molecule has 0 aliphatic heterocycles. The summed E-state index contributed by atoms with van der Waals surface area (Å²) in [7, 11) is 0. The third-order valence-electron chi connectivity index (χ3n) is 3.73. The van der Waals surface area contributed by atoms with Crippen molar-refractivity contribution in [3.05, 3.63) is 65.3 Å². The fourth-order valence-corrected chi connectivity index (χ4v) is 3.45. The zero-order chi connectivity index (χ0) is 18.7. The number of nitrogen functional groups attached to an aromatic ring is 1. The molecular formula is C17H17FN6OS. The van der Waals surface area contributed by atoms with Crippen LogP contribution in [0.1, 0.15) is 15.2 Å². The lowest BCUT2D eigenvalue weighted by atomic mass is 10.2. The highest BCUT2D eigenvalue weighted by atomic mass is 32.1. The molecule has 1 aromatic carbocycles. The first-order chi connectivity index (χ1) is 12.5. The summed E-state index contributed by atoms with van der Waals surface area (Å²) < 4.78 is 14.4. The Labute approximate surface area is 152 Å². The van der Waals surface area contributed by atoms with E-state index in [1.165, 1.54) is 23.6 Å². The van der Waals surface area contributed by atoms with Gasteiger partial charge in [-0.15, -0.1) is 11.3 Å². The number of hydrogen-bond acceptors (Lipinski definition) is 7. The Bertz CT molecular complexity index is 969. The number of carbonyl (C=O) groups excluding carboxylic acids is 1. The summed E-state index contributed by atoms with van der Waals surface area (Å²) in [5.74, 6) is 4.87. The van der Waals surface area contributed by atoms with Crippen LogP contribution in [-0.2, 0) is 6.54 Å². The Morgan fingerprint density at radius 2 is 2.04 bits per heavy atom. The maximum Gasteiger partial charge on any atom is 0.263 e. The molecule has 7 nitrogen and oxygen atoms in total. The quantitative estimate of drug-likeness (QED) is 0.401. The second-order valence-corrected chi connectivity index (χ2v) is 6.49. The number of nitrogens with zero attached hydrogens (tertiary/aromatic N) is 2. The van der Waals surface area contributed by atoms with Gasteiger partial charge in [-0.2, -0.15) is 0 Å². The SMILES string of the molecule is N/C=C\N(N)c1ccc(CNC(=O)c2sc3cncc(F)c3c2N)cc1. The second-order valence-electron chi connectivity index (χ2n) is 5.44. The van der Waals surface area contributed by atoms with Gasteiger partial charge in [-0.1, -0.05) is 12.1 Å². The molecular weight excluding hydrogens is 355 g/mol. The van der Waals surface area contributed by atoms with Crippen molar-refractivity contribution in [2.24, 2.45) is 11.6 Å². The van der Waals surface area contributed by atoms with Crippen molar-refractivity contribution in [1.29, 1.82) is 0 Å². The Morgan fingerprint density at radius 1 is 1.31 bits per heavy atom. The van der Waals surface area contributed by atoms with Crippen LogP contribution in [0.5, 0.6) is 0 Å². The summed E-state index contributed by atoms with van der Waals surface area (Å²) in [6, 6.07) is 7.27. The predicted octanol–water partition coefficient (Wildman–Crippen LogP) is 2.06. The molecule has 0 aliphatic rings. The summed E-state index contributed by atoms with van der Waals surface area (Å²) in [6.07, 6.45) is 5.43. The van der Waals surface area contributed by atoms with Gasteiger partial charge < -0.3 is 16.8 Å². The number of pyridine rings is 1. The van der Waals surface area contributed by atoms with Crippen LogP contribution < -0.4 is 27.6 Å². The van der Waals surface area contributed by atoms with E-state index >= 15 is 0 Å². The molecule has 0 unspecified atom stereocenters. The molecule has 9 heteroatoms. The number of nitrogens with one attached hydrogen (secondary N) is 1. The maximum absolute atomic E-state index is 13.8. The molecule has 0 spiro atoms. The van der Waals surface area contributed by atoms with Gasteiger partial charge in [0.15, 0.2) is 5.82 Å². The Morgan fingerprint density at radius 3 is 2.69 bits per heavy atom. The number of fused-ring (bicyclic) bond motifs is 1. The van der Waals surface area contributed by atoms with E-state index in [1.807, 2.05) is 12.1 Å². The summed E-state index contributed by atoms with van der Waals surface area (Å²) in [5.41, 5.74) is 13.0. The van der Waals surface area contributed by atoms with Gasteiger partial charge in [0, 0.05) is 25.1 Å². The van der Waals surface area contributed by atoms with Crippen molar-refractivity contribution in [3.8, 4) is 0 Å². The number of thiophene rings is 1. The molecule has 0 saturated heterocycles. The highest BCUT2D eigenvalue weighted by Gasteiger charge is 2.18. The lowest BCUT2D eigenvalue weighted by Crippen LogP contribution is -2.25. The van der Waals surface area contributed by atoms with Crippen molar-refractivity contribution in [2.75, 3.05) is 10.7 Å². The molecule has 0 fully saturated rings. The van der Waals surface area contributed by atoms with Crippen LogP contribution in [0, 0.1) is 5.82 Å². The van der Waals surface area contributed by atoms with Gasteiger partial charge >= 0.3 is 0 Å². The van der Waals surface area contributed by atoms with Crippen LogP contribution in [0.15, 0.2) is 49.1 Å². The first-order valence-corrected chi connectivity index (χ1v) is 8.44. The molecule has 3 rings (SSSR count). The minimum atomic E-state index is -0.538. The van der Waals surface area contributed by atoms with E-state index in [1.54, 1.807) is 12.1 Å². The van der Waals surface area contributed by atoms with Crippen LogP contribution in [-0.4, -0.2) is 10.9 Å². The number of aromatic nitrogens is 1. The smallest absolute Gasteiger partial charge is 0.263 e. The Balaban J connectivity index is 1.71. The second kappa shape index (κ2) is 7.38. The summed E-state index contributed by atoms with van der Waals surface area (Å²) >= 11 is 1.11. The van der Waals surface area contributed by atoms with E-state index in [9.17, 15) is 9.18 Å². The molecule has 134 valence electrons. The van der Waals surface area contributed by atoms with Crippen LogP contribution >= 0.6 is 11.3 Å². The highest BCUT2D eigenvalue weighted by molar-refractivity contribution is 7.21. The van der Waals surface area contributed by atoms with Crippen molar-refractivity contribution < 1.29 is 9.18 Å². The first-order valence-electron chi connectivity index (χ1n) is 7.62. The number of hydrogen-bond donors (Lipinski definition) is 4.